The number of aromatic hydroxyl groups is 1. The molecular weight excluding hydrogens is 262 g/mol. The lowest BCUT2D eigenvalue weighted by Crippen LogP contribution is -1.99. The van der Waals surface area contributed by atoms with E-state index in [9.17, 15) is 9.90 Å². The molecule has 4 N–H and O–H groups in total. The number of hydrogen-bond donors (Lipinski definition) is 3. The van der Waals surface area contributed by atoms with Gasteiger partial charge in [-0.15, -0.1) is 0 Å². The van der Waals surface area contributed by atoms with Crippen LogP contribution in [0, 0.1) is 0 Å². The first-order valence-electron chi connectivity index (χ1n) is 5.61. The predicted molar refractivity (Wildman–Crippen MR) is 74.4 cm³/mol. The lowest BCUT2D eigenvalue weighted by molar-refractivity contribution is -0.136. The Morgan fingerprint density at radius 1 is 1.11 bits per heavy atom. The van der Waals surface area contributed by atoms with E-state index in [1.807, 2.05) is 18.2 Å². The Morgan fingerprint density at radius 3 is 2.32 bits per heavy atom. The fourth-order valence-corrected chi connectivity index (χ4v) is 2.42. The van der Waals surface area contributed by atoms with Gasteiger partial charge in [0.15, 0.2) is 0 Å². The van der Waals surface area contributed by atoms with E-state index in [1.54, 1.807) is 24.3 Å². The monoisotopic (exact) mass is 275 g/mol. The zero-order valence-corrected chi connectivity index (χ0v) is 10.9. The molecule has 0 aliphatic carbocycles. The number of phenols is 1. The van der Waals surface area contributed by atoms with Crippen molar-refractivity contribution in [1.82, 2.24) is 0 Å². The molecule has 0 saturated heterocycles. The fraction of sp³-hybridized carbons (Fsp3) is 0.0714. The van der Waals surface area contributed by atoms with Crippen LogP contribution < -0.4 is 5.73 Å². The lowest BCUT2D eigenvalue weighted by Gasteiger charge is -2.05. The van der Waals surface area contributed by atoms with Gasteiger partial charge >= 0.3 is 5.97 Å². The number of phenolic OH excluding ortho intramolecular Hbond substituents is 1. The number of rotatable bonds is 4. The number of hydrogen-bond acceptors (Lipinski definition) is 4. The summed E-state index contributed by atoms with van der Waals surface area (Å²) in [5, 5.41) is 18.2. The van der Waals surface area contributed by atoms with Crippen LogP contribution in [-0.2, 0) is 11.2 Å². The van der Waals surface area contributed by atoms with Gasteiger partial charge < -0.3 is 15.9 Å². The second-order valence-corrected chi connectivity index (χ2v) is 5.18. The van der Waals surface area contributed by atoms with E-state index >= 15 is 0 Å². The maximum Gasteiger partial charge on any atom is 0.307 e. The molecule has 2 aromatic rings. The van der Waals surface area contributed by atoms with Gasteiger partial charge in [0, 0.05) is 9.79 Å². The first kappa shape index (κ1) is 13.3. The van der Waals surface area contributed by atoms with Crippen LogP contribution in [0.2, 0.25) is 0 Å². The predicted octanol–water partition coefficient (Wildman–Crippen LogP) is 2.75. The number of nitrogens with two attached hydrogens (primary N) is 1. The zero-order chi connectivity index (χ0) is 13.8. The summed E-state index contributed by atoms with van der Waals surface area (Å²) in [5.74, 6) is -0.781. The average molecular weight is 275 g/mol. The summed E-state index contributed by atoms with van der Waals surface area (Å²) >= 11 is 1.48. The van der Waals surface area contributed by atoms with Gasteiger partial charge in [-0.05, 0) is 35.9 Å². The van der Waals surface area contributed by atoms with Crippen LogP contribution in [0.1, 0.15) is 5.56 Å². The van der Waals surface area contributed by atoms with Crippen molar-refractivity contribution in [2.24, 2.45) is 0 Å². The first-order valence-corrected chi connectivity index (χ1v) is 6.43. The molecule has 0 saturated carbocycles. The molecule has 0 aliphatic heterocycles. The number of anilines is 1. The third-order valence-corrected chi connectivity index (χ3v) is 3.51. The zero-order valence-electron chi connectivity index (χ0n) is 10.0. The summed E-state index contributed by atoms with van der Waals surface area (Å²) in [4.78, 5) is 12.4. The highest BCUT2D eigenvalue weighted by atomic mass is 32.2. The average Bonchev–Trinajstić information content (AvgIpc) is 2.36. The highest BCUT2D eigenvalue weighted by Gasteiger charge is 2.03. The summed E-state index contributed by atoms with van der Waals surface area (Å²) in [6, 6.07) is 12.4. The summed E-state index contributed by atoms with van der Waals surface area (Å²) < 4.78 is 0. The number of carbonyl (C=O) groups is 1. The first-order chi connectivity index (χ1) is 9.04. The number of carboxylic acid groups (broad SMARTS) is 1. The van der Waals surface area contributed by atoms with Crippen molar-refractivity contribution in [2.75, 3.05) is 5.73 Å². The molecule has 0 radical (unpaired) electrons. The van der Waals surface area contributed by atoms with Crippen molar-refractivity contribution >= 4 is 23.4 Å². The standard InChI is InChI=1S/C14H13NO3S/c15-12-6-5-11(8-13(12)16)19-10-3-1-9(2-4-10)7-14(17)18/h1-6,8,16H,7,15H2,(H,17,18). The summed E-state index contributed by atoms with van der Waals surface area (Å²) in [7, 11) is 0. The van der Waals surface area contributed by atoms with Crippen LogP contribution in [0.25, 0.3) is 0 Å². The van der Waals surface area contributed by atoms with Gasteiger partial charge in [-0.3, -0.25) is 4.79 Å². The van der Waals surface area contributed by atoms with Gasteiger partial charge in [0.1, 0.15) is 5.75 Å². The molecule has 98 valence electrons. The van der Waals surface area contributed by atoms with E-state index in [-0.39, 0.29) is 12.2 Å². The van der Waals surface area contributed by atoms with E-state index in [4.69, 9.17) is 10.8 Å². The highest BCUT2D eigenvalue weighted by Crippen LogP contribution is 2.32. The molecule has 0 aromatic heterocycles. The van der Waals surface area contributed by atoms with E-state index < -0.39 is 5.97 Å². The second-order valence-electron chi connectivity index (χ2n) is 4.04. The van der Waals surface area contributed by atoms with E-state index in [0.29, 0.717) is 5.69 Å². The Kier molecular flexibility index (Phi) is 3.97. The molecule has 0 fully saturated rings. The van der Waals surface area contributed by atoms with Crippen LogP contribution in [-0.4, -0.2) is 16.2 Å². The molecule has 2 rings (SSSR count). The summed E-state index contributed by atoms with van der Waals surface area (Å²) in [5.41, 5.74) is 6.64. The van der Waals surface area contributed by atoms with Crippen molar-refractivity contribution < 1.29 is 15.0 Å². The molecule has 0 heterocycles. The normalized spacial score (nSPS) is 10.3. The van der Waals surface area contributed by atoms with Crippen LogP contribution in [0.3, 0.4) is 0 Å². The number of aliphatic carboxylic acids is 1. The second kappa shape index (κ2) is 5.67. The minimum absolute atomic E-state index is 0.0214. The molecule has 0 unspecified atom stereocenters. The van der Waals surface area contributed by atoms with Crippen molar-refractivity contribution in [1.29, 1.82) is 0 Å². The topological polar surface area (TPSA) is 83.6 Å². The SMILES string of the molecule is Nc1ccc(Sc2ccc(CC(=O)O)cc2)cc1O. The van der Waals surface area contributed by atoms with E-state index in [0.717, 1.165) is 15.4 Å². The lowest BCUT2D eigenvalue weighted by atomic mass is 10.2. The number of carboxylic acids is 1. The van der Waals surface area contributed by atoms with Crippen LogP contribution >= 0.6 is 11.8 Å². The van der Waals surface area contributed by atoms with Gasteiger partial charge in [0.2, 0.25) is 0 Å². The Labute approximate surface area is 114 Å². The van der Waals surface area contributed by atoms with Crippen molar-refractivity contribution in [3.05, 3.63) is 48.0 Å². The van der Waals surface area contributed by atoms with Gasteiger partial charge in [-0.25, -0.2) is 0 Å². The Bertz CT molecular complexity index is 596. The molecule has 0 aliphatic rings. The number of nitrogen functional groups attached to an aromatic ring is 1. The Morgan fingerprint density at radius 2 is 1.74 bits per heavy atom. The van der Waals surface area contributed by atoms with Gasteiger partial charge in [-0.1, -0.05) is 23.9 Å². The van der Waals surface area contributed by atoms with Crippen molar-refractivity contribution in [3.8, 4) is 5.75 Å². The maximum absolute atomic E-state index is 10.6. The maximum atomic E-state index is 10.6. The number of benzene rings is 2. The quantitative estimate of drug-likeness (QED) is 0.590. The summed E-state index contributed by atoms with van der Waals surface area (Å²) in [6.45, 7) is 0. The molecule has 0 amide bonds. The minimum Gasteiger partial charge on any atom is -0.506 e. The third kappa shape index (κ3) is 3.66. The van der Waals surface area contributed by atoms with E-state index in [1.165, 1.54) is 11.8 Å². The fourth-order valence-electron chi connectivity index (χ4n) is 1.57. The van der Waals surface area contributed by atoms with Gasteiger partial charge in [0.05, 0.1) is 12.1 Å². The molecule has 0 bridgehead atoms. The molecule has 2 aromatic carbocycles. The largest absolute Gasteiger partial charge is 0.506 e. The van der Waals surface area contributed by atoms with Crippen molar-refractivity contribution in [3.63, 3.8) is 0 Å². The molecule has 19 heavy (non-hydrogen) atoms. The Hall–Kier alpha value is -2.14. The third-order valence-electron chi connectivity index (χ3n) is 2.52. The van der Waals surface area contributed by atoms with Crippen LogP contribution in [0.15, 0.2) is 52.3 Å². The Balaban J connectivity index is 2.10. The van der Waals surface area contributed by atoms with Crippen LogP contribution in [0.4, 0.5) is 5.69 Å². The molecular formula is C14H13NO3S. The highest BCUT2D eigenvalue weighted by molar-refractivity contribution is 7.99. The van der Waals surface area contributed by atoms with Crippen LogP contribution in [0.5, 0.6) is 5.75 Å². The summed E-state index contributed by atoms with van der Waals surface area (Å²) in [6.07, 6.45) is 0.0214. The smallest absolute Gasteiger partial charge is 0.307 e. The molecule has 5 heteroatoms. The van der Waals surface area contributed by atoms with Crippen molar-refractivity contribution in [2.45, 2.75) is 16.2 Å². The van der Waals surface area contributed by atoms with Gasteiger partial charge in [0.25, 0.3) is 0 Å². The molecule has 0 spiro atoms. The molecule has 4 nitrogen and oxygen atoms in total. The molecule has 0 atom stereocenters. The minimum atomic E-state index is -0.844. The van der Waals surface area contributed by atoms with Gasteiger partial charge in [-0.2, -0.15) is 0 Å². The van der Waals surface area contributed by atoms with E-state index in [2.05, 4.69) is 0 Å².